The van der Waals surface area contributed by atoms with Crippen LogP contribution in [0.25, 0.3) is 0 Å². The van der Waals surface area contributed by atoms with Gasteiger partial charge >= 0.3 is 0 Å². The van der Waals surface area contributed by atoms with E-state index in [1.54, 1.807) is 0 Å². The lowest BCUT2D eigenvalue weighted by Gasteiger charge is -2.11. The van der Waals surface area contributed by atoms with Crippen LogP contribution in [-0.2, 0) is 6.42 Å². The first kappa shape index (κ1) is 12.9. The molecule has 0 atom stereocenters. The van der Waals surface area contributed by atoms with Gasteiger partial charge in [0.05, 0.1) is 11.4 Å². The zero-order valence-electron chi connectivity index (χ0n) is 10.5. The standard InChI is InChI=1S/C14H16BrN3/c1-3-10-8-11(15)4-6-13(10)18-14-7-5-12(16)9(2)17-14/h4-8H,3,16H2,1-2H3,(H,17,18). The molecule has 0 amide bonds. The van der Waals surface area contributed by atoms with Gasteiger partial charge < -0.3 is 11.1 Å². The number of pyridine rings is 1. The lowest BCUT2D eigenvalue weighted by molar-refractivity contribution is 1.13. The number of nitrogens with zero attached hydrogens (tertiary/aromatic N) is 1. The van der Waals surface area contributed by atoms with E-state index in [-0.39, 0.29) is 0 Å². The normalized spacial score (nSPS) is 10.4. The van der Waals surface area contributed by atoms with Gasteiger partial charge in [-0.1, -0.05) is 22.9 Å². The van der Waals surface area contributed by atoms with Gasteiger partial charge in [0.1, 0.15) is 5.82 Å². The third-order valence-electron chi connectivity index (χ3n) is 2.84. The molecule has 2 rings (SSSR count). The van der Waals surface area contributed by atoms with Crippen LogP contribution in [0.5, 0.6) is 0 Å². The van der Waals surface area contributed by atoms with Gasteiger partial charge in [0.25, 0.3) is 0 Å². The summed E-state index contributed by atoms with van der Waals surface area (Å²) < 4.78 is 1.09. The van der Waals surface area contributed by atoms with Crippen molar-refractivity contribution in [2.24, 2.45) is 0 Å². The second-order valence-corrected chi connectivity index (χ2v) is 5.07. The lowest BCUT2D eigenvalue weighted by Crippen LogP contribution is -2.00. The second-order valence-electron chi connectivity index (χ2n) is 4.15. The number of benzene rings is 1. The molecule has 0 fully saturated rings. The first-order valence-corrected chi connectivity index (χ1v) is 6.68. The van der Waals surface area contributed by atoms with Crippen molar-refractivity contribution in [1.29, 1.82) is 0 Å². The molecule has 1 aromatic heterocycles. The quantitative estimate of drug-likeness (QED) is 0.899. The Hall–Kier alpha value is -1.55. The van der Waals surface area contributed by atoms with Crippen LogP contribution in [0.1, 0.15) is 18.2 Å². The molecule has 1 heterocycles. The highest BCUT2D eigenvalue weighted by atomic mass is 79.9. The van der Waals surface area contributed by atoms with Crippen molar-refractivity contribution in [3.8, 4) is 0 Å². The summed E-state index contributed by atoms with van der Waals surface area (Å²) in [4.78, 5) is 4.42. The molecule has 4 heteroatoms. The highest BCUT2D eigenvalue weighted by Crippen LogP contribution is 2.25. The Morgan fingerprint density at radius 3 is 2.72 bits per heavy atom. The van der Waals surface area contributed by atoms with Crippen molar-refractivity contribution in [2.45, 2.75) is 20.3 Å². The van der Waals surface area contributed by atoms with Gasteiger partial charge in [0.2, 0.25) is 0 Å². The average Bonchev–Trinajstić information content (AvgIpc) is 2.36. The molecule has 0 bridgehead atoms. The van der Waals surface area contributed by atoms with Crippen molar-refractivity contribution in [3.63, 3.8) is 0 Å². The van der Waals surface area contributed by atoms with Crippen LogP contribution >= 0.6 is 15.9 Å². The van der Waals surface area contributed by atoms with E-state index in [1.165, 1.54) is 5.56 Å². The van der Waals surface area contributed by atoms with Gasteiger partial charge in [0, 0.05) is 10.2 Å². The first-order chi connectivity index (χ1) is 8.60. The van der Waals surface area contributed by atoms with Crippen molar-refractivity contribution >= 4 is 33.1 Å². The summed E-state index contributed by atoms with van der Waals surface area (Å²) in [6, 6.07) is 9.95. The van der Waals surface area contributed by atoms with E-state index < -0.39 is 0 Å². The second kappa shape index (κ2) is 5.40. The van der Waals surface area contributed by atoms with Crippen LogP contribution in [0.2, 0.25) is 0 Å². The highest BCUT2D eigenvalue weighted by molar-refractivity contribution is 9.10. The zero-order valence-corrected chi connectivity index (χ0v) is 12.1. The number of halogens is 1. The van der Waals surface area contributed by atoms with E-state index in [0.717, 1.165) is 28.1 Å². The molecule has 18 heavy (non-hydrogen) atoms. The molecule has 0 radical (unpaired) electrons. The Labute approximate surface area is 116 Å². The number of nitrogens with one attached hydrogen (secondary N) is 1. The van der Waals surface area contributed by atoms with E-state index >= 15 is 0 Å². The van der Waals surface area contributed by atoms with E-state index in [0.29, 0.717) is 5.69 Å². The van der Waals surface area contributed by atoms with Crippen molar-refractivity contribution < 1.29 is 0 Å². The van der Waals surface area contributed by atoms with Crippen molar-refractivity contribution in [3.05, 3.63) is 46.1 Å². The molecule has 0 spiro atoms. The number of nitrogens with two attached hydrogens (primary N) is 1. The fourth-order valence-corrected chi connectivity index (χ4v) is 2.16. The van der Waals surface area contributed by atoms with Gasteiger partial charge in [-0.3, -0.25) is 0 Å². The Kier molecular flexibility index (Phi) is 3.87. The molecule has 94 valence electrons. The van der Waals surface area contributed by atoms with Gasteiger partial charge in [-0.25, -0.2) is 4.98 Å². The van der Waals surface area contributed by atoms with E-state index in [1.807, 2.05) is 25.1 Å². The van der Waals surface area contributed by atoms with Crippen LogP contribution < -0.4 is 11.1 Å². The maximum Gasteiger partial charge on any atom is 0.130 e. The molecule has 1 aromatic carbocycles. The molecule has 0 unspecified atom stereocenters. The molecule has 0 aliphatic rings. The number of aromatic nitrogens is 1. The minimum atomic E-state index is 0.715. The molecule has 0 saturated carbocycles. The lowest BCUT2D eigenvalue weighted by atomic mass is 10.1. The zero-order chi connectivity index (χ0) is 13.1. The maximum atomic E-state index is 5.76. The summed E-state index contributed by atoms with van der Waals surface area (Å²) in [5, 5.41) is 3.33. The minimum absolute atomic E-state index is 0.715. The molecule has 0 saturated heterocycles. The number of nitrogen functional groups attached to an aromatic ring is 1. The summed E-state index contributed by atoms with van der Waals surface area (Å²) >= 11 is 3.48. The molecule has 2 aromatic rings. The predicted molar refractivity (Wildman–Crippen MR) is 80.2 cm³/mol. The fourth-order valence-electron chi connectivity index (χ4n) is 1.76. The fraction of sp³-hybridized carbons (Fsp3) is 0.214. The number of rotatable bonds is 3. The summed E-state index contributed by atoms with van der Waals surface area (Å²) in [6.45, 7) is 4.04. The smallest absolute Gasteiger partial charge is 0.130 e. The van der Waals surface area contributed by atoms with Gasteiger partial charge in [-0.2, -0.15) is 0 Å². The SMILES string of the molecule is CCc1cc(Br)ccc1Nc1ccc(N)c(C)n1. The number of hydrogen-bond acceptors (Lipinski definition) is 3. The van der Waals surface area contributed by atoms with Crippen molar-refractivity contribution in [2.75, 3.05) is 11.1 Å². The molecule has 0 aliphatic heterocycles. The third kappa shape index (κ3) is 2.82. The summed E-state index contributed by atoms with van der Waals surface area (Å²) in [5.74, 6) is 0.818. The minimum Gasteiger partial charge on any atom is -0.397 e. The predicted octanol–water partition coefficient (Wildman–Crippen LogP) is 4.04. The molecular formula is C14H16BrN3. The van der Waals surface area contributed by atoms with Gasteiger partial charge in [-0.05, 0) is 49.2 Å². The van der Waals surface area contributed by atoms with Gasteiger partial charge in [0.15, 0.2) is 0 Å². The molecular weight excluding hydrogens is 290 g/mol. The number of aryl methyl sites for hydroxylation is 2. The monoisotopic (exact) mass is 305 g/mol. The average molecular weight is 306 g/mol. The van der Waals surface area contributed by atoms with Crippen LogP contribution in [-0.4, -0.2) is 4.98 Å². The van der Waals surface area contributed by atoms with Crippen LogP contribution in [0, 0.1) is 6.92 Å². The summed E-state index contributed by atoms with van der Waals surface area (Å²) in [7, 11) is 0. The van der Waals surface area contributed by atoms with Crippen LogP contribution in [0.4, 0.5) is 17.2 Å². The molecule has 0 aliphatic carbocycles. The van der Waals surface area contributed by atoms with E-state index in [9.17, 15) is 0 Å². The third-order valence-corrected chi connectivity index (χ3v) is 3.33. The highest BCUT2D eigenvalue weighted by Gasteiger charge is 2.04. The Morgan fingerprint density at radius 1 is 1.28 bits per heavy atom. The van der Waals surface area contributed by atoms with Crippen LogP contribution in [0.15, 0.2) is 34.8 Å². The Bertz CT molecular complexity index is 567. The maximum absolute atomic E-state index is 5.76. The topological polar surface area (TPSA) is 50.9 Å². The first-order valence-electron chi connectivity index (χ1n) is 5.88. The summed E-state index contributed by atoms with van der Waals surface area (Å²) in [5.41, 5.74) is 9.65. The Balaban J connectivity index is 2.30. The largest absolute Gasteiger partial charge is 0.397 e. The van der Waals surface area contributed by atoms with Crippen molar-refractivity contribution in [1.82, 2.24) is 4.98 Å². The molecule has 3 N–H and O–H groups in total. The number of anilines is 3. The summed E-state index contributed by atoms with van der Waals surface area (Å²) in [6.07, 6.45) is 0.968. The Morgan fingerprint density at radius 2 is 2.06 bits per heavy atom. The van der Waals surface area contributed by atoms with E-state index in [4.69, 9.17) is 5.73 Å². The van der Waals surface area contributed by atoms with Gasteiger partial charge in [-0.15, -0.1) is 0 Å². The van der Waals surface area contributed by atoms with Crippen LogP contribution in [0.3, 0.4) is 0 Å². The molecule has 3 nitrogen and oxygen atoms in total. The number of hydrogen-bond donors (Lipinski definition) is 2. The van der Waals surface area contributed by atoms with E-state index in [2.05, 4.69) is 45.3 Å².